The van der Waals surface area contributed by atoms with Crippen LogP contribution >= 0.6 is 11.3 Å². The van der Waals surface area contributed by atoms with Crippen LogP contribution < -0.4 is 5.32 Å². The molecule has 1 unspecified atom stereocenters. The van der Waals surface area contributed by atoms with Crippen molar-refractivity contribution >= 4 is 35.2 Å². The number of esters is 3. The van der Waals surface area contributed by atoms with Crippen LogP contribution in [0.1, 0.15) is 79.1 Å². The van der Waals surface area contributed by atoms with Crippen LogP contribution in [-0.4, -0.2) is 99.2 Å². The monoisotopic (exact) mass is 803 g/mol. The van der Waals surface area contributed by atoms with E-state index in [1.165, 1.54) is 18.3 Å². The first kappa shape index (κ1) is 40.7. The first-order valence-corrected chi connectivity index (χ1v) is 20.0. The van der Waals surface area contributed by atoms with Gasteiger partial charge >= 0.3 is 17.9 Å². The summed E-state index contributed by atoms with van der Waals surface area (Å²) in [6.45, 7) is 8.07. The fourth-order valence-corrected chi connectivity index (χ4v) is 10.7. The summed E-state index contributed by atoms with van der Waals surface area (Å²) in [5.74, 6) is -4.85. The lowest BCUT2D eigenvalue weighted by molar-refractivity contribution is -0.354. The number of carbonyl (C=O) groups is 4. The molecule has 13 nitrogen and oxygen atoms in total. The molecule has 1 amide bonds. The molecule has 2 aromatic carbocycles. The molecule has 3 aliphatic carbocycles. The lowest BCUT2D eigenvalue weighted by Crippen LogP contribution is -2.80. The van der Waals surface area contributed by atoms with Crippen LogP contribution in [0.2, 0.25) is 0 Å². The molecule has 0 spiro atoms. The van der Waals surface area contributed by atoms with Crippen molar-refractivity contribution in [2.45, 2.75) is 102 Å². The number of ether oxygens (including phenoxy) is 4. The standard InChI is InChI=1S/C43H49NO12S/c1-22-27(54-40(52)34(48)32(24-13-8-6-9-14-24)44-38(50)28-17-12-18-57-28)19-26-35(55-39(51)25-15-10-7-11-16-25)36-42(5,37(49)33(47)31(22)41(26,3)4)29(46)20-30-43(36,21-53-30)56-23(2)45/h6-18,26-27,29-30,32-37,46-49H,19-21H2,1-5H3,(H,44,50)/t26?,27-,29-,30+,32-,33+,34+,35+,36-,37-,42+,43-/m0/s1. The Morgan fingerprint density at radius 1 is 0.912 bits per heavy atom. The van der Waals surface area contributed by atoms with Gasteiger partial charge in [-0.3, -0.25) is 9.59 Å². The molecule has 14 heteroatoms. The van der Waals surface area contributed by atoms with Crippen LogP contribution in [0.5, 0.6) is 0 Å². The van der Waals surface area contributed by atoms with Gasteiger partial charge in [-0.15, -0.1) is 11.3 Å². The Bertz CT molecular complexity index is 2020. The zero-order valence-corrected chi connectivity index (χ0v) is 33.2. The molecule has 7 rings (SSSR count). The Labute approximate surface area is 334 Å². The Hall–Kier alpha value is -4.44. The fraction of sp³-hybridized carbons (Fsp3) is 0.488. The lowest BCUT2D eigenvalue weighted by Gasteiger charge is -2.67. The van der Waals surface area contributed by atoms with Crippen LogP contribution in [0.4, 0.5) is 0 Å². The summed E-state index contributed by atoms with van der Waals surface area (Å²) in [6, 6.07) is 18.9. The minimum absolute atomic E-state index is 0.00173. The predicted molar refractivity (Wildman–Crippen MR) is 206 cm³/mol. The zero-order valence-electron chi connectivity index (χ0n) is 32.4. The van der Waals surface area contributed by atoms with E-state index in [0.717, 1.165) is 0 Å². The molecule has 3 aromatic rings. The predicted octanol–water partition coefficient (Wildman–Crippen LogP) is 3.90. The highest BCUT2D eigenvalue weighted by Crippen LogP contribution is 2.64. The van der Waals surface area contributed by atoms with Crippen LogP contribution in [0.15, 0.2) is 89.3 Å². The first-order chi connectivity index (χ1) is 27.0. The van der Waals surface area contributed by atoms with Crippen molar-refractivity contribution in [2.75, 3.05) is 6.61 Å². The van der Waals surface area contributed by atoms with Crippen molar-refractivity contribution in [1.82, 2.24) is 5.32 Å². The molecule has 0 radical (unpaired) electrons. The molecular formula is C43H49NO12S. The van der Waals surface area contributed by atoms with Crippen molar-refractivity contribution < 1.29 is 58.6 Å². The zero-order chi connectivity index (χ0) is 41.0. The number of hydrogen-bond donors (Lipinski definition) is 5. The Morgan fingerprint density at radius 2 is 1.58 bits per heavy atom. The summed E-state index contributed by atoms with van der Waals surface area (Å²) in [5, 5.41) is 52.7. The van der Waals surface area contributed by atoms with E-state index < -0.39 is 101 Å². The number of hydrogen-bond acceptors (Lipinski definition) is 13. The van der Waals surface area contributed by atoms with Gasteiger partial charge in [0.05, 0.1) is 41.2 Å². The summed E-state index contributed by atoms with van der Waals surface area (Å²) >= 11 is 1.20. The third kappa shape index (κ3) is 6.89. The molecule has 1 saturated heterocycles. The topological polar surface area (TPSA) is 198 Å². The van der Waals surface area contributed by atoms with Crippen molar-refractivity contribution in [3.8, 4) is 0 Å². The van der Waals surface area contributed by atoms with E-state index in [0.29, 0.717) is 21.6 Å². The van der Waals surface area contributed by atoms with Crippen molar-refractivity contribution in [3.05, 3.63) is 105 Å². The average molecular weight is 804 g/mol. The molecule has 57 heavy (non-hydrogen) atoms. The third-order valence-electron chi connectivity index (χ3n) is 13.0. The molecule has 1 aliphatic heterocycles. The van der Waals surface area contributed by atoms with Crippen LogP contribution in [0.3, 0.4) is 0 Å². The molecule has 12 atom stereocenters. The van der Waals surface area contributed by atoms with E-state index in [1.807, 2.05) is 13.8 Å². The summed E-state index contributed by atoms with van der Waals surface area (Å²) in [6.07, 6.45) is -9.71. The van der Waals surface area contributed by atoms with E-state index in [4.69, 9.17) is 18.9 Å². The number of aliphatic hydroxyl groups is 4. The van der Waals surface area contributed by atoms with Gasteiger partial charge in [0.2, 0.25) is 0 Å². The maximum atomic E-state index is 14.1. The number of carbonyl (C=O) groups excluding carboxylic acids is 4. The van der Waals surface area contributed by atoms with Gasteiger partial charge in [-0.25, -0.2) is 9.59 Å². The summed E-state index contributed by atoms with van der Waals surface area (Å²) in [4.78, 5) is 54.7. The van der Waals surface area contributed by atoms with Gasteiger partial charge in [0.25, 0.3) is 5.91 Å². The van der Waals surface area contributed by atoms with Gasteiger partial charge in [-0.1, -0.05) is 75.4 Å². The van der Waals surface area contributed by atoms with E-state index in [2.05, 4.69) is 5.32 Å². The molecule has 1 aromatic heterocycles. The van der Waals surface area contributed by atoms with E-state index in [1.54, 1.807) is 92.0 Å². The fourth-order valence-electron chi connectivity index (χ4n) is 10.0. The molecule has 2 heterocycles. The summed E-state index contributed by atoms with van der Waals surface area (Å²) in [5.41, 5.74) is -2.77. The second-order valence-corrected chi connectivity index (χ2v) is 17.4. The van der Waals surface area contributed by atoms with E-state index >= 15 is 0 Å². The van der Waals surface area contributed by atoms with Crippen LogP contribution in [-0.2, 0) is 28.5 Å². The van der Waals surface area contributed by atoms with Gasteiger partial charge in [-0.05, 0) is 59.0 Å². The highest BCUT2D eigenvalue weighted by Gasteiger charge is 2.75. The van der Waals surface area contributed by atoms with Crippen molar-refractivity contribution in [2.24, 2.45) is 22.7 Å². The number of rotatable bonds is 9. The Balaban J connectivity index is 1.32. The minimum Gasteiger partial charge on any atom is -0.458 e. The highest BCUT2D eigenvalue weighted by molar-refractivity contribution is 7.12. The number of fused-ring (bicyclic) bond motifs is 5. The van der Waals surface area contributed by atoms with Crippen LogP contribution in [0, 0.1) is 22.7 Å². The molecule has 2 bridgehead atoms. The Morgan fingerprint density at radius 3 is 2.18 bits per heavy atom. The summed E-state index contributed by atoms with van der Waals surface area (Å²) in [7, 11) is 0. The van der Waals surface area contributed by atoms with Crippen molar-refractivity contribution in [1.29, 1.82) is 0 Å². The smallest absolute Gasteiger partial charge is 0.338 e. The maximum absolute atomic E-state index is 14.1. The minimum atomic E-state index is -1.88. The lowest BCUT2D eigenvalue weighted by atomic mass is 9.45. The molecule has 2 saturated carbocycles. The second kappa shape index (κ2) is 15.4. The third-order valence-corrected chi connectivity index (χ3v) is 13.8. The van der Waals surface area contributed by atoms with Gasteiger partial charge < -0.3 is 44.7 Å². The van der Waals surface area contributed by atoms with Gasteiger partial charge in [0, 0.05) is 24.7 Å². The second-order valence-electron chi connectivity index (χ2n) is 16.4. The molecular weight excluding hydrogens is 755 g/mol. The normalized spacial score (nSPS) is 33.8. The quantitative estimate of drug-likeness (QED) is 0.119. The maximum Gasteiger partial charge on any atom is 0.338 e. The Kier molecular flexibility index (Phi) is 11.0. The molecule has 5 N–H and O–H groups in total. The number of aliphatic hydroxyl groups excluding tert-OH is 4. The summed E-state index contributed by atoms with van der Waals surface area (Å²) < 4.78 is 24.7. The number of nitrogens with one attached hydrogen (secondary N) is 1. The number of amides is 1. The van der Waals surface area contributed by atoms with Crippen LogP contribution in [0.25, 0.3) is 0 Å². The highest BCUT2D eigenvalue weighted by atomic mass is 32.1. The molecule has 304 valence electrons. The first-order valence-electron chi connectivity index (χ1n) is 19.1. The molecule has 3 fully saturated rings. The van der Waals surface area contributed by atoms with E-state index in [9.17, 15) is 39.6 Å². The van der Waals surface area contributed by atoms with E-state index in [-0.39, 0.29) is 25.0 Å². The van der Waals surface area contributed by atoms with Crippen molar-refractivity contribution in [3.63, 3.8) is 0 Å². The number of thiophene rings is 1. The van der Waals surface area contributed by atoms with Gasteiger partial charge in [0.15, 0.2) is 11.7 Å². The molecule has 4 aliphatic rings. The largest absolute Gasteiger partial charge is 0.458 e. The average Bonchev–Trinajstić information content (AvgIpc) is 3.73. The van der Waals surface area contributed by atoms with Gasteiger partial charge in [-0.2, -0.15) is 0 Å². The number of benzene rings is 2. The SMILES string of the molecule is CC(=O)O[C@@]12CO[C@@H]1C[C@H](O)[C@]1(C)[C@@H]2[C@H](OC(=O)c2ccccc2)C2C[C@H](OC(=O)[C@H](O)[C@@H](NC(=O)c3cccs3)c3ccccc3)C(C)=C([C@@H](O)[C@@H]1O)C2(C)C. The van der Waals surface area contributed by atoms with Gasteiger partial charge in [0.1, 0.15) is 24.4 Å².